The van der Waals surface area contributed by atoms with Gasteiger partial charge in [-0.3, -0.25) is 0 Å². The number of hydrogen-bond donors (Lipinski definition) is 0. The molecule has 0 saturated heterocycles. The topological polar surface area (TPSA) is 33.0 Å². The van der Waals surface area contributed by atoms with E-state index in [1.54, 1.807) is 0 Å². The second-order valence-electron chi connectivity index (χ2n) is 5.73. The third kappa shape index (κ3) is 3.37. The zero-order valence-electron chi connectivity index (χ0n) is 13.4. The van der Waals surface area contributed by atoms with Crippen LogP contribution in [0.3, 0.4) is 0 Å². The molecule has 0 spiro atoms. The van der Waals surface area contributed by atoms with Gasteiger partial charge < -0.3 is 4.74 Å². The SMILES string of the molecule is N#CC(COCc1ccccc1)(c1ccccc1)c1ccccc1. The highest BCUT2D eigenvalue weighted by Crippen LogP contribution is 2.32. The maximum Gasteiger partial charge on any atom is 0.130 e. The summed E-state index contributed by atoms with van der Waals surface area (Å²) in [5, 5.41) is 10.1. The summed E-state index contributed by atoms with van der Waals surface area (Å²) in [5.74, 6) is 0. The number of nitrogens with zero attached hydrogens (tertiary/aromatic N) is 1. The van der Waals surface area contributed by atoms with Gasteiger partial charge in [0.05, 0.1) is 19.3 Å². The van der Waals surface area contributed by atoms with E-state index < -0.39 is 5.41 Å². The molecule has 0 aliphatic rings. The van der Waals surface area contributed by atoms with Crippen LogP contribution in [0.4, 0.5) is 0 Å². The summed E-state index contributed by atoms with van der Waals surface area (Å²) < 4.78 is 5.96. The number of hydrogen-bond acceptors (Lipinski definition) is 2. The Hall–Kier alpha value is -2.89. The standard InChI is InChI=1S/C22H19NO/c23-17-22(20-12-6-2-7-13-20,21-14-8-3-9-15-21)18-24-16-19-10-4-1-5-11-19/h1-15H,16,18H2. The monoisotopic (exact) mass is 313 g/mol. The van der Waals surface area contributed by atoms with Gasteiger partial charge in [-0.1, -0.05) is 91.0 Å². The molecule has 0 atom stereocenters. The Kier molecular flexibility index (Phi) is 5.05. The molecule has 0 saturated carbocycles. The van der Waals surface area contributed by atoms with Crippen LogP contribution in [-0.2, 0) is 16.8 Å². The molecular formula is C22H19NO. The molecule has 2 nitrogen and oxygen atoms in total. The van der Waals surface area contributed by atoms with E-state index in [1.807, 2.05) is 91.0 Å². The largest absolute Gasteiger partial charge is 0.374 e. The van der Waals surface area contributed by atoms with E-state index in [-0.39, 0.29) is 0 Å². The smallest absolute Gasteiger partial charge is 0.130 e. The third-order valence-corrected chi connectivity index (χ3v) is 4.15. The van der Waals surface area contributed by atoms with Crippen LogP contribution < -0.4 is 0 Å². The summed E-state index contributed by atoms with van der Waals surface area (Å²) in [7, 11) is 0. The fraction of sp³-hybridized carbons (Fsp3) is 0.136. The number of ether oxygens (including phenoxy) is 1. The summed E-state index contributed by atoms with van der Waals surface area (Å²) in [6.45, 7) is 0.802. The zero-order valence-corrected chi connectivity index (χ0v) is 13.4. The highest BCUT2D eigenvalue weighted by atomic mass is 16.5. The molecule has 3 aromatic carbocycles. The van der Waals surface area contributed by atoms with Crippen LogP contribution in [0.15, 0.2) is 91.0 Å². The Morgan fingerprint density at radius 2 is 1.17 bits per heavy atom. The molecule has 0 fully saturated rings. The third-order valence-electron chi connectivity index (χ3n) is 4.15. The van der Waals surface area contributed by atoms with Gasteiger partial charge in [0.25, 0.3) is 0 Å². The van der Waals surface area contributed by atoms with Crippen LogP contribution in [0.25, 0.3) is 0 Å². The maximum atomic E-state index is 10.1. The van der Waals surface area contributed by atoms with Gasteiger partial charge >= 0.3 is 0 Å². The van der Waals surface area contributed by atoms with Crippen molar-refractivity contribution in [3.8, 4) is 6.07 Å². The maximum absolute atomic E-state index is 10.1. The van der Waals surface area contributed by atoms with E-state index in [2.05, 4.69) is 6.07 Å². The Morgan fingerprint density at radius 1 is 0.708 bits per heavy atom. The van der Waals surface area contributed by atoms with Gasteiger partial charge in [0.1, 0.15) is 5.41 Å². The van der Waals surface area contributed by atoms with Gasteiger partial charge in [0.2, 0.25) is 0 Å². The first-order valence-corrected chi connectivity index (χ1v) is 7.99. The van der Waals surface area contributed by atoms with E-state index in [4.69, 9.17) is 4.74 Å². The average Bonchev–Trinajstić information content (AvgIpc) is 2.68. The first-order chi connectivity index (χ1) is 11.8. The fourth-order valence-electron chi connectivity index (χ4n) is 2.84. The second-order valence-corrected chi connectivity index (χ2v) is 5.73. The lowest BCUT2D eigenvalue weighted by Crippen LogP contribution is -2.31. The van der Waals surface area contributed by atoms with Crippen molar-refractivity contribution in [2.24, 2.45) is 0 Å². The molecule has 118 valence electrons. The van der Waals surface area contributed by atoms with Crippen LogP contribution in [0, 0.1) is 11.3 Å². The highest BCUT2D eigenvalue weighted by molar-refractivity contribution is 5.46. The minimum Gasteiger partial charge on any atom is -0.374 e. The Bertz CT molecular complexity index is 752. The highest BCUT2D eigenvalue weighted by Gasteiger charge is 2.34. The molecule has 0 unspecified atom stereocenters. The summed E-state index contributed by atoms with van der Waals surface area (Å²) >= 11 is 0. The second kappa shape index (κ2) is 7.59. The van der Waals surface area contributed by atoms with Gasteiger partial charge in [-0.15, -0.1) is 0 Å². The van der Waals surface area contributed by atoms with Gasteiger partial charge in [0.15, 0.2) is 0 Å². The van der Waals surface area contributed by atoms with E-state index in [1.165, 1.54) is 0 Å². The lowest BCUT2D eigenvalue weighted by atomic mass is 9.76. The lowest BCUT2D eigenvalue weighted by molar-refractivity contribution is 0.0986. The Balaban J connectivity index is 1.89. The molecule has 0 amide bonds. The van der Waals surface area contributed by atoms with Crippen molar-refractivity contribution < 1.29 is 4.74 Å². The molecule has 3 rings (SSSR count). The summed E-state index contributed by atoms with van der Waals surface area (Å²) in [6.07, 6.45) is 0. The molecular weight excluding hydrogens is 294 g/mol. The van der Waals surface area contributed by atoms with Crippen LogP contribution in [0.2, 0.25) is 0 Å². The number of rotatable bonds is 6. The average molecular weight is 313 g/mol. The zero-order chi connectivity index (χ0) is 16.7. The molecule has 0 aromatic heterocycles. The summed E-state index contributed by atoms with van der Waals surface area (Å²) in [6, 6.07) is 32.2. The molecule has 0 radical (unpaired) electrons. The molecule has 0 N–H and O–H groups in total. The van der Waals surface area contributed by atoms with E-state index in [0.717, 1.165) is 16.7 Å². The number of benzene rings is 3. The number of nitriles is 1. The van der Waals surface area contributed by atoms with Crippen molar-refractivity contribution in [3.05, 3.63) is 108 Å². The predicted molar refractivity (Wildman–Crippen MR) is 95.4 cm³/mol. The quantitative estimate of drug-likeness (QED) is 0.660. The van der Waals surface area contributed by atoms with Crippen molar-refractivity contribution in [3.63, 3.8) is 0 Å². The van der Waals surface area contributed by atoms with Gasteiger partial charge in [-0.25, -0.2) is 0 Å². The molecule has 0 aliphatic carbocycles. The van der Waals surface area contributed by atoms with Crippen molar-refractivity contribution in [1.82, 2.24) is 0 Å². The normalized spacial score (nSPS) is 11.0. The summed E-state index contributed by atoms with van der Waals surface area (Å²) in [4.78, 5) is 0. The van der Waals surface area contributed by atoms with E-state index >= 15 is 0 Å². The fourth-order valence-corrected chi connectivity index (χ4v) is 2.84. The van der Waals surface area contributed by atoms with Crippen molar-refractivity contribution in [2.75, 3.05) is 6.61 Å². The van der Waals surface area contributed by atoms with Crippen molar-refractivity contribution >= 4 is 0 Å². The molecule has 2 heteroatoms. The van der Waals surface area contributed by atoms with Crippen LogP contribution >= 0.6 is 0 Å². The molecule has 24 heavy (non-hydrogen) atoms. The van der Waals surface area contributed by atoms with Crippen molar-refractivity contribution in [1.29, 1.82) is 5.26 Å². The molecule has 3 aromatic rings. The van der Waals surface area contributed by atoms with Crippen LogP contribution in [-0.4, -0.2) is 6.61 Å². The first-order valence-electron chi connectivity index (χ1n) is 7.99. The van der Waals surface area contributed by atoms with Crippen LogP contribution in [0.1, 0.15) is 16.7 Å². The van der Waals surface area contributed by atoms with E-state index in [9.17, 15) is 5.26 Å². The minimum atomic E-state index is -0.808. The Morgan fingerprint density at radius 3 is 1.62 bits per heavy atom. The van der Waals surface area contributed by atoms with Gasteiger partial charge in [-0.05, 0) is 16.7 Å². The molecule has 0 bridgehead atoms. The van der Waals surface area contributed by atoms with Crippen LogP contribution in [0.5, 0.6) is 0 Å². The Labute approximate surface area is 143 Å². The van der Waals surface area contributed by atoms with E-state index in [0.29, 0.717) is 13.2 Å². The predicted octanol–water partition coefficient (Wildman–Crippen LogP) is 4.71. The molecule has 0 heterocycles. The van der Waals surface area contributed by atoms with Gasteiger partial charge in [0, 0.05) is 0 Å². The lowest BCUT2D eigenvalue weighted by Gasteiger charge is -2.27. The summed E-state index contributed by atoms with van der Waals surface area (Å²) in [5.41, 5.74) is 2.20. The van der Waals surface area contributed by atoms with Crippen molar-refractivity contribution in [2.45, 2.75) is 12.0 Å². The first kappa shape index (κ1) is 16.0. The minimum absolute atomic E-state index is 0.312. The van der Waals surface area contributed by atoms with Gasteiger partial charge in [-0.2, -0.15) is 5.26 Å². The molecule has 0 aliphatic heterocycles.